The molecule has 0 radical (unpaired) electrons. The minimum absolute atomic E-state index is 0.0448. The van der Waals surface area contributed by atoms with Gasteiger partial charge in [-0.15, -0.1) is 0 Å². The number of amides is 1. The number of benzene rings is 3. The number of esters is 2. The Morgan fingerprint density at radius 1 is 0.907 bits per heavy atom. The summed E-state index contributed by atoms with van der Waals surface area (Å²) in [6.07, 6.45) is -4.59. The number of hydrogen-bond donors (Lipinski definition) is 0. The first-order valence-corrected chi connectivity index (χ1v) is 13.1. The van der Waals surface area contributed by atoms with Crippen LogP contribution in [0.5, 0.6) is 5.75 Å². The number of fused-ring (bicyclic) bond motifs is 4. The molecule has 2 bridgehead atoms. The van der Waals surface area contributed by atoms with Crippen LogP contribution < -0.4 is 9.75 Å². The van der Waals surface area contributed by atoms with Gasteiger partial charge in [0.25, 0.3) is 5.91 Å². The predicted molar refractivity (Wildman–Crippen MR) is 147 cm³/mol. The van der Waals surface area contributed by atoms with E-state index in [1.54, 1.807) is 53.4 Å². The van der Waals surface area contributed by atoms with Gasteiger partial charge in [-0.3, -0.25) is 9.69 Å². The standard InChI is InChI=1S/C31H24F3N3O6/c1-41-20-14-8-17(9-15-20)16-36-25-21-6-4-5-7-22(21)26-30(36,24(28(39)43-3)23(25)27(38)42-2)29(40)37(35-26)19-12-10-18(11-13-19)31(32,33)34/h4-15,25H,16H2,1-3H3/t25-,30-/m0/s1. The van der Waals surface area contributed by atoms with E-state index in [2.05, 4.69) is 5.10 Å². The first kappa shape index (κ1) is 28.2. The second kappa shape index (κ2) is 10.1. The monoisotopic (exact) mass is 591 g/mol. The van der Waals surface area contributed by atoms with Crippen LogP contribution in [0.3, 0.4) is 0 Å². The summed E-state index contributed by atoms with van der Waals surface area (Å²) in [6.45, 7) is 0.0651. The fourth-order valence-electron chi connectivity index (χ4n) is 6.09. The van der Waals surface area contributed by atoms with Gasteiger partial charge in [-0.2, -0.15) is 23.3 Å². The van der Waals surface area contributed by atoms with Gasteiger partial charge in [-0.05, 0) is 47.5 Å². The maximum atomic E-state index is 14.7. The Morgan fingerprint density at radius 2 is 1.56 bits per heavy atom. The van der Waals surface area contributed by atoms with Gasteiger partial charge in [0.2, 0.25) is 0 Å². The van der Waals surface area contributed by atoms with Crippen LogP contribution in [0.15, 0.2) is 89.0 Å². The number of ether oxygens (including phenoxy) is 3. The number of anilines is 1. The number of hydrazone groups is 1. The quantitative estimate of drug-likeness (QED) is 0.392. The molecule has 220 valence electrons. The lowest BCUT2D eigenvalue weighted by Gasteiger charge is -2.43. The number of methoxy groups -OCH3 is 3. The Kier molecular flexibility index (Phi) is 6.61. The molecule has 1 spiro atoms. The van der Waals surface area contributed by atoms with Gasteiger partial charge in [-0.1, -0.05) is 36.4 Å². The normalized spacial score (nSPS) is 20.9. The van der Waals surface area contributed by atoms with Crippen LogP contribution >= 0.6 is 0 Å². The predicted octanol–water partition coefficient (Wildman–Crippen LogP) is 4.42. The van der Waals surface area contributed by atoms with E-state index in [-0.39, 0.29) is 29.1 Å². The molecule has 9 nitrogen and oxygen atoms in total. The molecule has 12 heteroatoms. The second-order valence-corrected chi connectivity index (χ2v) is 10.1. The largest absolute Gasteiger partial charge is 0.497 e. The Bertz CT molecular complexity index is 1720. The Hall–Kier alpha value is -4.97. The number of carbonyl (C=O) groups is 3. The maximum Gasteiger partial charge on any atom is 0.416 e. The van der Waals surface area contributed by atoms with Gasteiger partial charge in [0.15, 0.2) is 5.54 Å². The van der Waals surface area contributed by atoms with Gasteiger partial charge in [-0.25, -0.2) is 9.59 Å². The van der Waals surface area contributed by atoms with Crippen LogP contribution in [0.2, 0.25) is 0 Å². The zero-order valence-corrected chi connectivity index (χ0v) is 23.1. The maximum absolute atomic E-state index is 14.7. The molecule has 43 heavy (non-hydrogen) atoms. The fraction of sp³-hybridized carbons (Fsp3) is 0.226. The summed E-state index contributed by atoms with van der Waals surface area (Å²) in [6, 6.07) is 17.1. The lowest BCUT2D eigenvalue weighted by atomic mass is 9.78. The molecular formula is C31H24F3N3O6. The summed E-state index contributed by atoms with van der Waals surface area (Å²) in [5.41, 5.74) is -1.20. The molecule has 3 aliphatic heterocycles. The molecule has 0 saturated heterocycles. The van der Waals surface area contributed by atoms with Crippen molar-refractivity contribution in [3.05, 3.63) is 106 Å². The summed E-state index contributed by atoms with van der Waals surface area (Å²) < 4.78 is 55.5. The fourth-order valence-corrected chi connectivity index (χ4v) is 6.09. The van der Waals surface area contributed by atoms with E-state index in [1.807, 2.05) is 0 Å². The van der Waals surface area contributed by atoms with Crippen molar-refractivity contribution in [2.45, 2.75) is 24.3 Å². The molecule has 2 atom stereocenters. The van der Waals surface area contributed by atoms with Crippen molar-refractivity contribution in [3.8, 4) is 5.75 Å². The number of halogens is 3. The van der Waals surface area contributed by atoms with E-state index in [0.717, 1.165) is 41.9 Å². The van der Waals surface area contributed by atoms with Gasteiger partial charge in [0, 0.05) is 12.1 Å². The molecule has 0 unspecified atom stereocenters. The molecule has 3 heterocycles. The number of alkyl halides is 3. The third-order valence-corrected chi connectivity index (χ3v) is 7.95. The molecule has 3 aliphatic rings. The summed E-state index contributed by atoms with van der Waals surface area (Å²) in [5, 5.41) is 5.60. The lowest BCUT2D eigenvalue weighted by Crippen LogP contribution is -2.61. The minimum atomic E-state index is -4.59. The van der Waals surface area contributed by atoms with E-state index >= 15 is 0 Å². The SMILES string of the molecule is COC(=O)C1=C(C(=O)OC)[C@@]23C(=O)N(c4ccc(C(F)(F)F)cc4)N=C2c2ccccc2[C@@H]1N3Cc1ccc(OC)cc1. The minimum Gasteiger partial charge on any atom is -0.497 e. The summed E-state index contributed by atoms with van der Waals surface area (Å²) in [5.74, 6) is -1.93. The van der Waals surface area contributed by atoms with Crippen LogP contribution in [0.25, 0.3) is 0 Å². The third kappa shape index (κ3) is 4.04. The molecule has 3 aromatic carbocycles. The Labute approximate surface area is 243 Å². The smallest absolute Gasteiger partial charge is 0.416 e. The van der Waals surface area contributed by atoms with Crippen molar-refractivity contribution >= 4 is 29.2 Å². The van der Waals surface area contributed by atoms with Gasteiger partial charge in [0.05, 0.1) is 49.8 Å². The summed E-state index contributed by atoms with van der Waals surface area (Å²) in [4.78, 5) is 43.5. The van der Waals surface area contributed by atoms with Crippen LogP contribution in [-0.2, 0) is 36.6 Å². The topological polar surface area (TPSA) is 97.7 Å². The number of carbonyl (C=O) groups excluding carboxylic acids is 3. The van der Waals surface area contributed by atoms with Crippen LogP contribution in [0.1, 0.15) is 28.3 Å². The second-order valence-electron chi connectivity index (χ2n) is 10.1. The van der Waals surface area contributed by atoms with Crippen molar-refractivity contribution < 1.29 is 41.8 Å². The molecule has 6 rings (SSSR count). The lowest BCUT2D eigenvalue weighted by molar-refractivity contribution is -0.140. The average Bonchev–Trinajstić information content (AvgIpc) is 3.45. The van der Waals surface area contributed by atoms with Crippen molar-refractivity contribution in [1.82, 2.24) is 4.90 Å². The van der Waals surface area contributed by atoms with E-state index in [1.165, 1.54) is 14.2 Å². The van der Waals surface area contributed by atoms with Crippen molar-refractivity contribution in [2.24, 2.45) is 5.10 Å². The van der Waals surface area contributed by atoms with E-state index in [0.29, 0.717) is 16.9 Å². The third-order valence-electron chi connectivity index (χ3n) is 7.95. The number of rotatable bonds is 6. The van der Waals surface area contributed by atoms with E-state index < -0.39 is 41.2 Å². The molecule has 1 amide bonds. The zero-order chi connectivity index (χ0) is 30.7. The summed E-state index contributed by atoms with van der Waals surface area (Å²) >= 11 is 0. The van der Waals surface area contributed by atoms with Gasteiger partial charge < -0.3 is 14.2 Å². The van der Waals surface area contributed by atoms with Crippen LogP contribution in [-0.4, -0.2) is 55.3 Å². The molecule has 0 saturated carbocycles. The highest BCUT2D eigenvalue weighted by Crippen LogP contribution is 2.57. The molecule has 0 N–H and O–H groups in total. The van der Waals surface area contributed by atoms with E-state index in [4.69, 9.17) is 14.2 Å². The molecule has 0 fully saturated rings. The van der Waals surface area contributed by atoms with Crippen molar-refractivity contribution in [1.29, 1.82) is 0 Å². The summed E-state index contributed by atoms with van der Waals surface area (Å²) in [7, 11) is 3.83. The highest BCUT2D eigenvalue weighted by molar-refractivity contribution is 6.36. The average molecular weight is 592 g/mol. The van der Waals surface area contributed by atoms with Crippen LogP contribution in [0.4, 0.5) is 18.9 Å². The number of hydrogen-bond acceptors (Lipinski definition) is 8. The molecule has 3 aromatic rings. The van der Waals surface area contributed by atoms with Crippen molar-refractivity contribution in [2.75, 3.05) is 26.3 Å². The molecular weight excluding hydrogens is 567 g/mol. The van der Waals surface area contributed by atoms with Gasteiger partial charge >= 0.3 is 18.1 Å². The first-order chi connectivity index (χ1) is 20.6. The number of nitrogens with zero attached hydrogens (tertiary/aromatic N) is 3. The van der Waals surface area contributed by atoms with Crippen molar-refractivity contribution in [3.63, 3.8) is 0 Å². The Balaban J connectivity index is 1.62. The molecule has 0 aromatic heterocycles. The highest BCUT2D eigenvalue weighted by atomic mass is 19.4. The van der Waals surface area contributed by atoms with Gasteiger partial charge in [0.1, 0.15) is 11.5 Å². The first-order valence-electron chi connectivity index (χ1n) is 13.1. The zero-order valence-electron chi connectivity index (χ0n) is 23.1. The molecule has 0 aliphatic carbocycles. The Morgan fingerprint density at radius 3 is 2.16 bits per heavy atom. The van der Waals surface area contributed by atoms with Crippen LogP contribution in [0, 0.1) is 0 Å². The highest BCUT2D eigenvalue weighted by Gasteiger charge is 2.70. The van der Waals surface area contributed by atoms with E-state index in [9.17, 15) is 27.6 Å².